The van der Waals surface area contributed by atoms with E-state index in [0.717, 1.165) is 61.6 Å². The van der Waals surface area contributed by atoms with Gasteiger partial charge >= 0.3 is 6.03 Å². The van der Waals surface area contributed by atoms with Crippen LogP contribution in [0.15, 0.2) is 78.9 Å². The Morgan fingerprint density at radius 2 is 1.66 bits per heavy atom. The molecular weight excluding hydrogens is 879 g/mol. The number of halogens is 2. The molecule has 3 fully saturated rings. The first kappa shape index (κ1) is 48.9. The number of imide groups is 1. The van der Waals surface area contributed by atoms with Crippen LogP contribution in [0, 0.1) is 24.6 Å². The van der Waals surface area contributed by atoms with Gasteiger partial charge in [0.05, 0.1) is 17.9 Å². The molecule has 2 saturated heterocycles. The van der Waals surface area contributed by atoms with Crippen molar-refractivity contribution in [2.45, 2.75) is 70.3 Å². The number of nitrogens with one attached hydrogen (secondary N) is 3. The zero-order chi connectivity index (χ0) is 47.5. The van der Waals surface area contributed by atoms with Crippen LogP contribution in [0.3, 0.4) is 0 Å². The molecule has 6 amide bonds. The number of hydrogen-bond acceptors (Lipinski definition) is 9. The van der Waals surface area contributed by atoms with E-state index in [0.29, 0.717) is 49.1 Å². The van der Waals surface area contributed by atoms with Crippen LogP contribution in [0.5, 0.6) is 11.5 Å². The van der Waals surface area contributed by atoms with Crippen molar-refractivity contribution in [1.29, 1.82) is 0 Å². The van der Waals surface area contributed by atoms with Crippen LogP contribution in [-0.4, -0.2) is 100 Å². The average molecular weight is 940 g/mol. The van der Waals surface area contributed by atoms with Crippen LogP contribution in [0.25, 0.3) is 11.1 Å². The third-order valence-electron chi connectivity index (χ3n) is 13.2. The average Bonchev–Trinajstić information content (AvgIpc) is 3.33. The molecule has 0 spiro atoms. The molecule has 14 nitrogen and oxygen atoms in total. The summed E-state index contributed by atoms with van der Waals surface area (Å²) in [5.41, 5.74) is 9.45. The topological polar surface area (TPSA) is 182 Å². The van der Waals surface area contributed by atoms with Gasteiger partial charge in [-0.2, -0.15) is 0 Å². The molecule has 7 rings (SSSR count). The molecule has 2 heterocycles. The van der Waals surface area contributed by atoms with E-state index >= 15 is 4.39 Å². The predicted octanol–water partition coefficient (Wildman–Crippen LogP) is 7.13. The normalized spacial score (nSPS) is 18.3. The number of rotatable bonds is 19. The number of ether oxygens (including phenoxy) is 3. The van der Waals surface area contributed by atoms with E-state index in [9.17, 15) is 24.0 Å². The van der Waals surface area contributed by atoms with E-state index in [1.807, 2.05) is 48.2 Å². The van der Waals surface area contributed by atoms with E-state index in [1.165, 1.54) is 24.1 Å². The molecule has 1 saturated carbocycles. The Morgan fingerprint density at radius 1 is 0.896 bits per heavy atom. The van der Waals surface area contributed by atoms with Crippen molar-refractivity contribution in [1.82, 2.24) is 20.9 Å². The van der Waals surface area contributed by atoms with Crippen molar-refractivity contribution in [3.63, 3.8) is 0 Å². The van der Waals surface area contributed by atoms with Crippen LogP contribution in [0.1, 0.15) is 84.3 Å². The number of likely N-dealkylation sites (tertiary alicyclic amines) is 1. The van der Waals surface area contributed by atoms with Crippen molar-refractivity contribution in [3.8, 4) is 22.6 Å². The number of nitrogens with zero attached hydrogens (tertiary/aromatic N) is 2. The number of amides is 6. The van der Waals surface area contributed by atoms with Gasteiger partial charge in [-0.25, -0.2) is 9.18 Å². The number of carbonyl (C=O) groups is 5. The van der Waals surface area contributed by atoms with Gasteiger partial charge in [0.2, 0.25) is 17.7 Å². The summed E-state index contributed by atoms with van der Waals surface area (Å²) in [4.78, 5) is 66.3. The SMILES string of the molecule is COCCOc1ccc(C(N)=O)c(-c2cc(C(CNC3CCC(C(=O)NCCC4CCN(C(=O)COc5ccc(C)c(N6CCC(=O)NC6=O)c5)CC4)CC3)c3ccccc3)ccc2Cl)c1F. The minimum atomic E-state index is -0.789. The molecule has 1 aliphatic carbocycles. The lowest BCUT2D eigenvalue weighted by Gasteiger charge is -2.32. The smallest absolute Gasteiger partial charge is 0.328 e. The Balaban J connectivity index is 0.862. The maximum atomic E-state index is 16.1. The van der Waals surface area contributed by atoms with Gasteiger partial charge in [0.1, 0.15) is 12.4 Å². The predicted molar refractivity (Wildman–Crippen MR) is 254 cm³/mol. The standard InChI is InChI=1S/C51H60ClFN6O8/c1-32-8-14-38(29-43(32)59-25-21-45(60)57-51(59)64)67-31-46(61)58-23-19-33(20-24-58)18-22-55-50(63)35-9-12-37(13-10-35)56-30-41(34-6-4-3-5-7-34)36-11-16-42(52)40(28-36)47-39(49(54)62)15-17-44(48(47)53)66-27-26-65-2/h3-8,11,14-17,28-29,33,35,37,41,56H,9-10,12-13,18-27,30-31H2,1-2H3,(H2,54,62)(H,55,63)(H,57,60,64). The Bertz CT molecular complexity index is 2410. The van der Waals surface area contributed by atoms with Gasteiger partial charge in [-0.15, -0.1) is 0 Å². The van der Waals surface area contributed by atoms with E-state index < -0.39 is 17.8 Å². The number of benzene rings is 4. The third kappa shape index (κ3) is 12.5. The molecule has 2 aliphatic heterocycles. The molecule has 16 heteroatoms. The summed E-state index contributed by atoms with van der Waals surface area (Å²) < 4.78 is 32.7. The molecule has 67 heavy (non-hydrogen) atoms. The highest BCUT2D eigenvalue weighted by molar-refractivity contribution is 6.33. The fourth-order valence-corrected chi connectivity index (χ4v) is 9.51. The van der Waals surface area contributed by atoms with Gasteiger partial charge in [-0.05, 0) is 105 Å². The number of urea groups is 1. The summed E-state index contributed by atoms with van der Waals surface area (Å²) in [5.74, 6) is -1.21. The molecule has 4 aromatic rings. The van der Waals surface area contributed by atoms with E-state index in [1.54, 1.807) is 18.2 Å². The van der Waals surface area contributed by atoms with Gasteiger partial charge in [0.15, 0.2) is 18.2 Å². The second kappa shape index (κ2) is 23.1. The van der Waals surface area contributed by atoms with Crippen molar-refractivity contribution < 1.29 is 42.6 Å². The minimum Gasteiger partial charge on any atom is -0.488 e. The van der Waals surface area contributed by atoms with Crippen LogP contribution in [0.4, 0.5) is 14.9 Å². The molecule has 1 atom stereocenters. The quantitative estimate of drug-likeness (QED) is 0.0712. The van der Waals surface area contributed by atoms with E-state index in [4.69, 9.17) is 31.5 Å². The molecule has 0 bridgehead atoms. The largest absolute Gasteiger partial charge is 0.488 e. The highest BCUT2D eigenvalue weighted by atomic mass is 35.5. The third-order valence-corrected chi connectivity index (χ3v) is 13.5. The fraction of sp³-hybridized carbons (Fsp3) is 0.431. The zero-order valence-electron chi connectivity index (χ0n) is 38.1. The summed E-state index contributed by atoms with van der Waals surface area (Å²) >= 11 is 6.73. The van der Waals surface area contributed by atoms with Crippen LogP contribution < -0.4 is 36.1 Å². The molecule has 4 aromatic carbocycles. The summed E-state index contributed by atoms with van der Waals surface area (Å²) in [5, 5.41) is 9.55. The van der Waals surface area contributed by atoms with Gasteiger partial charge < -0.3 is 35.5 Å². The lowest BCUT2D eigenvalue weighted by Crippen LogP contribution is -2.49. The molecule has 0 radical (unpaired) electrons. The second-order valence-electron chi connectivity index (χ2n) is 17.6. The maximum absolute atomic E-state index is 16.1. The van der Waals surface area contributed by atoms with Gasteiger partial charge in [0.25, 0.3) is 5.91 Å². The lowest BCUT2D eigenvalue weighted by molar-refractivity contribution is -0.134. The van der Waals surface area contributed by atoms with Crippen LogP contribution in [-0.2, 0) is 19.1 Å². The van der Waals surface area contributed by atoms with E-state index in [-0.39, 0.29) is 90.3 Å². The molecule has 0 aromatic heterocycles. The summed E-state index contributed by atoms with van der Waals surface area (Å²) in [6.45, 7) is 4.82. The summed E-state index contributed by atoms with van der Waals surface area (Å²) in [6, 6.07) is 23.3. The molecule has 3 aliphatic rings. The van der Waals surface area contributed by atoms with Crippen molar-refractivity contribution >= 4 is 46.9 Å². The minimum absolute atomic E-state index is 0.00733. The molecule has 5 N–H and O–H groups in total. The first-order chi connectivity index (χ1) is 32.4. The van der Waals surface area contributed by atoms with Gasteiger partial charge in [0, 0.05) is 86.3 Å². The number of carbonyl (C=O) groups excluding carboxylic acids is 5. The first-order valence-electron chi connectivity index (χ1n) is 23.1. The monoisotopic (exact) mass is 938 g/mol. The fourth-order valence-electron chi connectivity index (χ4n) is 9.30. The van der Waals surface area contributed by atoms with Gasteiger partial charge in [-0.1, -0.05) is 54.1 Å². The number of piperidine rings is 1. The molecule has 1 unspecified atom stereocenters. The van der Waals surface area contributed by atoms with E-state index in [2.05, 4.69) is 28.1 Å². The Hall–Kier alpha value is -6.03. The van der Waals surface area contributed by atoms with Crippen molar-refractivity contribution in [2.24, 2.45) is 17.6 Å². The number of anilines is 1. The van der Waals surface area contributed by atoms with Crippen LogP contribution in [0.2, 0.25) is 5.02 Å². The Labute approximate surface area is 396 Å². The second-order valence-corrected chi connectivity index (χ2v) is 18.0. The number of hydrogen-bond donors (Lipinski definition) is 4. The Morgan fingerprint density at radius 3 is 2.37 bits per heavy atom. The highest BCUT2D eigenvalue weighted by Gasteiger charge is 2.30. The van der Waals surface area contributed by atoms with Crippen LogP contribution >= 0.6 is 11.6 Å². The maximum Gasteiger partial charge on any atom is 0.328 e. The number of aryl methyl sites for hydroxylation is 1. The lowest BCUT2D eigenvalue weighted by atomic mass is 9.84. The van der Waals surface area contributed by atoms with Gasteiger partial charge in [-0.3, -0.25) is 29.4 Å². The molecule has 356 valence electrons. The highest BCUT2D eigenvalue weighted by Crippen LogP contribution is 2.39. The first-order valence-corrected chi connectivity index (χ1v) is 23.5. The van der Waals surface area contributed by atoms with Crippen molar-refractivity contribution in [3.05, 3.63) is 112 Å². The number of methoxy groups -OCH3 is 1. The number of nitrogens with two attached hydrogens (primary N) is 1. The zero-order valence-corrected chi connectivity index (χ0v) is 38.9. The summed E-state index contributed by atoms with van der Waals surface area (Å²) in [6.07, 6.45) is 5.97. The molecular formula is C51H60ClFN6O8. The summed E-state index contributed by atoms with van der Waals surface area (Å²) in [7, 11) is 1.52. The Kier molecular flexibility index (Phi) is 16.9. The number of primary amides is 1. The van der Waals surface area contributed by atoms with Crippen molar-refractivity contribution in [2.75, 3.05) is 64.6 Å².